The molecule has 0 bridgehead atoms. The van der Waals surface area contributed by atoms with E-state index in [0.29, 0.717) is 16.9 Å². The fourth-order valence-electron chi connectivity index (χ4n) is 1.47. The van der Waals surface area contributed by atoms with Gasteiger partial charge in [0.1, 0.15) is 12.1 Å². The number of nitrogens with one attached hydrogen (secondary N) is 1. The van der Waals surface area contributed by atoms with Gasteiger partial charge in [-0.3, -0.25) is 0 Å². The van der Waals surface area contributed by atoms with Crippen LogP contribution in [0.2, 0.25) is 0 Å². The Kier molecular flexibility index (Phi) is 4.18. The summed E-state index contributed by atoms with van der Waals surface area (Å²) in [4.78, 5) is 8.26. The van der Waals surface area contributed by atoms with E-state index in [1.54, 1.807) is 18.5 Å². The van der Waals surface area contributed by atoms with Gasteiger partial charge in [-0.1, -0.05) is 0 Å². The van der Waals surface area contributed by atoms with Crippen LogP contribution in [0.5, 0.6) is 0 Å². The molecule has 0 saturated heterocycles. The summed E-state index contributed by atoms with van der Waals surface area (Å²) in [6.45, 7) is 0.861. The molecule has 18 heavy (non-hydrogen) atoms. The summed E-state index contributed by atoms with van der Waals surface area (Å²) in [5.74, 6) is 1.36. The second-order valence-corrected chi connectivity index (χ2v) is 5.47. The SMILES string of the molecule is C[S+]([O-])c1ncc(C=CC#N)c(NCC2CC2)n1. The lowest BCUT2D eigenvalue weighted by molar-refractivity contribution is 0.592. The summed E-state index contributed by atoms with van der Waals surface area (Å²) in [5.41, 5.74) is 0.742. The summed E-state index contributed by atoms with van der Waals surface area (Å²) in [5, 5.41) is 12.1. The number of nitrogens with zero attached hydrogens (tertiary/aromatic N) is 3. The molecule has 1 saturated carbocycles. The van der Waals surface area contributed by atoms with Crippen molar-refractivity contribution in [2.24, 2.45) is 5.92 Å². The first-order valence-electron chi connectivity index (χ1n) is 5.71. The molecule has 5 nitrogen and oxygen atoms in total. The lowest BCUT2D eigenvalue weighted by Crippen LogP contribution is -2.11. The molecule has 1 N–H and O–H groups in total. The quantitative estimate of drug-likeness (QED) is 0.494. The predicted molar refractivity (Wildman–Crippen MR) is 70.2 cm³/mol. The summed E-state index contributed by atoms with van der Waals surface area (Å²) in [7, 11) is 0. The summed E-state index contributed by atoms with van der Waals surface area (Å²) in [6.07, 6.45) is 8.65. The molecule has 1 unspecified atom stereocenters. The molecule has 0 spiro atoms. The number of rotatable bonds is 5. The van der Waals surface area contributed by atoms with Crippen LogP contribution in [0.15, 0.2) is 17.4 Å². The monoisotopic (exact) mass is 262 g/mol. The second kappa shape index (κ2) is 5.85. The van der Waals surface area contributed by atoms with Crippen LogP contribution in [-0.2, 0) is 11.2 Å². The Bertz CT molecular complexity index is 491. The van der Waals surface area contributed by atoms with E-state index in [4.69, 9.17) is 5.26 Å². The first kappa shape index (κ1) is 12.9. The van der Waals surface area contributed by atoms with Crippen LogP contribution < -0.4 is 5.32 Å². The molecule has 0 aromatic carbocycles. The predicted octanol–water partition coefficient (Wildman–Crippen LogP) is 1.57. The largest absolute Gasteiger partial charge is 0.609 e. The van der Waals surface area contributed by atoms with E-state index in [1.807, 2.05) is 6.07 Å². The van der Waals surface area contributed by atoms with E-state index >= 15 is 0 Å². The van der Waals surface area contributed by atoms with Gasteiger partial charge in [0.2, 0.25) is 0 Å². The molecule has 1 atom stereocenters. The third-order valence-electron chi connectivity index (χ3n) is 2.64. The van der Waals surface area contributed by atoms with E-state index in [-0.39, 0.29) is 0 Å². The van der Waals surface area contributed by atoms with Crippen LogP contribution in [-0.4, -0.2) is 27.3 Å². The lowest BCUT2D eigenvalue weighted by Gasteiger charge is -2.09. The highest BCUT2D eigenvalue weighted by Crippen LogP contribution is 2.29. The maximum Gasteiger partial charge on any atom is 0.344 e. The van der Waals surface area contributed by atoms with Gasteiger partial charge in [-0.25, -0.2) is 0 Å². The van der Waals surface area contributed by atoms with Crippen molar-refractivity contribution in [3.63, 3.8) is 0 Å². The van der Waals surface area contributed by atoms with E-state index in [9.17, 15) is 4.55 Å². The zero-order valence-electron chi connectivity index (χ0n) is 10.1. The van der Waals surface area contributed by atoms with Gasteiger partial charge in [0, 0.05) is 35.6 Å². The van der Waals surface area contributed by atoms with Crippen molar-refractivity contribution in [1.29, 1.82) is 5.26 Å². The van der Waals surface area contributed by atoms with E-state index in [2.05, 4.69) is 15.3 Å². The molecular formula is C12H14N4OS. The smallest absolute Gasteiger partial charge is 0.344 e. The molecule has 0 amide bonds. The van der Waals surface area contributed by atoms with Crippen LogP contribution in [0.1, 0.15) is 18.4 Å². The number of hydrogen-bond donors (Lipinski definition) is 1. The van der Waals surface area contributed by atoms with Gasteiger partial charge in [0.15, 0.2) is 0 Å². The van der Waals surface area contributed by atoms with Gasteiger partial charge in [0.25, 0.3) is 0 Å². The van der Waals surface area contributed by atoms with Crippen molar-refractivity contribution in [3.8, 4) is 6.07 Å². The number of anilines is 1. The van der Waals surface area contributed by atoms with Crippen LogP contribution in [0, 0.1) is 17.2 Å². The van der Waals surface area contributed by atoms with E-state index in [1.165, 1.54) is 18.9 Å². The Morgan fingerprint density at radius 2 is 2.44 bits per heavy atom. The zero-order valence-corrected chi connectivity index (χ0v) is 10.9. The summed E-state index contributed by atoms with van der Waals surface area (Å²) >= 11 is -1.20. The highest BCUT2D eigenvalue weighted by atomic mass is 32.2. The Balaban J connectivity index is 2.20. The molecule has 1 aromatic rings. The molecule has 1 aliphatic carbocycles. The van der Waals surface area contributed by atoms with E-state index < -0.39 is 11.2 Å². The van der Waals surface area contributed by atoms with Crippen LogP contribution in [0.4, 0.5) is 5.82 Å². The van der Waals surface area contributed by atoms with Crippen LogP contribution in [0.3, 0.4) is 0 Å². The van der Waals surface area contributed by atoms with Crippen molar-refractivity contribution in [2.75, 3.05) is 18.1 Å². The summed E-state index contributed by atoms with van der Waals surface area (Å²) in [6, 6.07) is 1.93. The Morgan fingerprint density at radius 3 is 3.06 bits per heavy atom. The van der Waals surface area contributed by atoms with E-state index in [0.717, 1.165) is 12.1 Å². The number of allylic oxidation sites excluding steroid dienone is 1. The Labute approximate surface area is 109 Å². The third kappa shape index (κ3) is 3.45. The molecule has 0 radical (unpaired) electrons. The molecule has 2 rings (SSSR count). The average molecular weight is 262 g/mol. The third-order valence-corrected chi connectivity index (χ3v) is 3.36. The molecule has 0 aliphatic heterocycles. The number of hydrogen-bond acceptors (Lipinski definition) is 5. The van der Waals surface area contributed by atoms with Crippen molar-refractivity contribution in [3.05, 3.63) is 17.8 Å². The highest BCUT2D eigenvalue weighted by molar-refractivity contribution is 7.90. The minimum absolute atomic E-state index is 0.308. The first-order valence-corrected chi connectivity index (χ1v) is 7.27. The average Bonchev–Trinajstić information content (AvgIpc) is 3.18. The number of aromatic nitrogens is 2. The molecule has 1 heterocycles. The number of nitriles is 1. The molecule has 1 aliphatic rings. The fourth-order valence-corrected chi connectivity index (χ4v) is 1.89. The molecule has 6 heteroatoms. The minimum atomic E-state index is -1.20. The van der Waals surface area contributed by atoms with Crippen molar-refractivity contribution in [2.45, 2.75) is 18.0 Å². The normalized spacial score (nSPS) is 16.5. The maximum atomic E-state index is 11.4. The highest BCUT2D eigenvalue weighted by Gasteiger charge is 2.21. The van der Waals surface area contributed by atoms with Gasteiger partial charge < -0.3 is 9.87 Å². The van der Waals surface area contributed by atoms with Gasteiger partial charge in [-0.2, -0.15) is 15.2 Å². The second-order valence-electron chi connectivity index (χ2n) is 4.20. The fraction of sp³-hybridized carbons (Fsp3) is 0.417. The summed E-state index contributed by atoms with van der Waals surface area (Å²) < 4.78 is 11.4. The zero-order chi connectivity index (χ0) is 13.0. The van der Waals surface area contributed by atoms with Crippen LogP contribution in [0.25, 0.3) is 6.08 Å². The lowest BCUT2D eigenvalue weighted by atomic mass is 10.2. The first-order chi connectivity index (χ1) is 8.70. The molecular weight excluding hydrogens is 248 g/mol. The minimum Gasteiger partial charge on any atom is -0.609 e. The van der Waals surface area contributed by atoms with Crippen molar-refractivity contribution >= 4 is 23.1 Å². The van der Waals surface area contributed by atoms with Crippen LogP contribution >= 0.6 is 0 Å². The van der Waals surface area contributed by atoms with Gasteiger partial charge in [-0.15, -0.1) is 0 Å². The van der Waals surface area contributed by atoms with Crippen molar-refractivity contribution in [1.82, 2.24) is 9.97 Å². The Morgan fingerprint density at radius 1 is 1.67 bits per heavy atom. The van der Waals surface area contributed by atoms with Gasteiger partial charge >= 0.3 is 5.16 Å². The molecule has 1 fully saturated rings. The Hall–Kier alpha value is -1.58. The van der Waals surface area contributed by atoms with Gasteiger partial charge in [0.05, 0.1) is 6.07 Å². The molecule has 1 aromatic heterocycles. The topological polar surface area (TPSA) is 84.7 Å². The van der Waals surface area contributed by atoms with Crippen molar-refractivity contribution < 1.29 is 4.55 Å². The molecule has 94 valence electrons. The standard InChI is InChI=1S/C12H14N4OS/c1-18(17)12-15-8-10(3-2-6-13)11(16-12)14-7-9-4-5-9/h2-3,8-9H,4-5,7H2,1H3,(H,14,15,16). The maximum absolute atomic E-state index is 11.4. The van der Waals surface area contributed by atoms with Gasteiger partial charge in [-0.05, 0) is 24.8 Å².